The first kappa shape index (κ1) is 15.0. The normalized spacial score (nSPS) is 17.7. The highest BCUT2D eigenvalue weighted by atomic mass is 16.5. The summed E-state index contributed by atoms with van der Waals surface area (Å²) < 4.78 is 11.0. The number of ketones is 1. The van der Waals surface area contributed by atoms with Gasteiger partial charge in [0.1, 0.15) is 11.9 Å². The van der Waals surface area contributed by atoms with Crippen LogP contribution in [0.1, 0.15) is 49.5 Å². The van der Waals surface area contributed by atoms with E-state index in [4.69, 9.17) is 9.47 Å². The van der Waals surface area contributed by atoms with Crippen LogP contribution in [0.2, 0.25) is 0 Å². The van der Waals surface area contributed by atoms with E-state index >= 15 is 0 Å². The summed E-state index contributed by atoms with van der Waals surface area (Å²) in [7, 11) is 1.56. The number of pyridine rings is 1. The van der Waals surface area contributed by atoms with Crippen molar-refractivity contribution in [2.24, 2.45) is 5.92 Å². The molecule has 0 bridgehead atoms. The molecule has 0 amide bonds. The monoisotopic (exact) mass is 277 g/mol. The number of carbonyl (C=O) groups excluding carboxylic acids is 1. The molecule has 0 aliphatic heterocycles. The van der Waals surface area contributed by atoms with Crippen LogP contribution in [0.25, 0.3) is 0 Å². The van der Waals surface area contributed by atoms with Gasteiger partial charge >= 0.3 is 0 Å². The van der Waals surface area contributed by atoms with Crippen molar-refractivity contribution in [1.82, 2.24) is 4.98 Å². The molecule has 1 saturated carbocycles. The Morgan fingerprint density at radius 3 is 2.80 bits per heavy atom. The average Bonchev–Trinajstić information content (AvgIpc) is 2.52. The van der Waals surface area contributed by atoms with Gasteiger partial charge < -0.3 is 9.47 Å². The summed E-state index contributed by atoms with van der Waals surface area (Å²) in [4.78, 5) is 16.9. The minimum Gasteiger partial charge on any atom is -0.494 e. The highest BCUT2D eigenvalue weighted by Crippen LogP contribution is 2.30. The molecular weight excluding hydrogens is 254 g/mol. The molecule has 4 nitrogen and oxygen atoms in total. The first-order valence-electron chi connectivity index (χ1n) is 7.42. The Morgan fingerprint density at radius 2 is 2.15 bits per heavy atom. The van der Waals surface area contributed by atoms with E-state index in [-0.39, 0.29) is 11.9 Å². The zero-order chi connectivity index (χ0) is 14.4. The molecule has 0 spiro atoms. The summed E-state index contributed by atoms with van der Waals surface area (Å²) in [5.74, 6) is 0.789. The van der Waals surface area contributed by atoms with Gasteiger partial charge in [-0.1, -0.05) is 19.3 Å². The van der Waals surface area contributed by atoms with Crippen LogP contribution >= 0.6 is 0 Å². The third-order valence-corrected chi connectivity index (χ3v) is 3.91. The van der Waals surface area contributed by atoms with Crippen molar-refractivity contribution < 1.29 is 14.3 Å². The van der Waals surface area contributed by atoms with Gasteiger partial charge in [0, 0.05) is 12.8 Å². The Morgan fingerprint density at radius 1 is 1.40 bits per heavy atom. The van der Waals surface area contributed by atoms with Crippen LogP contribution in [-0.2, 0) is 4.74 Å². The highest BCUT2D eigenvalue weighted by Gasteiger charge is 2.32. The number of aromatic nitrogens is 1. The third kappa shape index (κ3) is 3.37. The zero-order valence-electron chi connectivity index (χ0n) is 12.3. The minimum atomic E-state index is -0.385. The number of nitrogens with zero attached hydrogens (tertiary/aromatic N) is 1. The SMILES string of the molecule is CCOC(C(=O)c1ncccc1OC)C1CCCCC1. The predicted octanol–water partition coefficient (Wildman–Crippen LogP) is 3.26. The smallest absolute Gasteiger partial charge is 0.213 e. The van der Waals surface area contributed by atoms with Gasteiger partial charge in [-0.05, 0) is 37.8 Å². The van der Waals surface area contributed by atoms with Gasteiger partial charge in [0.2, 0.25) is 5.78 Å². The molecule has 1 atom stereocenters. The summed E-state index contributed by atoms with van der Waals surface area (Å²) >= 11 is 0. The van der Waals surface area contributed by atoms with E-state index in [0.717, 1.165) is 12.8 Å². The number of Topliss-reactive ketones (excluding diaryl/α,β-unsaturated/α-hetero) is 1. The van der Waals surface area contributed by atoms with E-state index in [9.17, 15) is 4.79 Å². The number of ether oxygens (including phenoxy) is 2. The van der Waals surface area contributed by atoms with Crippen LogP contribution in [0, 0.1) is 5.92 Å². The molecule has 1 aliphatic rings. The summed E-state index contributed by atoms with van der Waals surface area (Å²) in [6, 6.07) is 3.54. The van der Waals surface area contributed by atoms with Crippen molar-refractivity contribution in [3.8, 4) is 5.75 Å². The van der Waals surface area contributed by atoms with E-state index in [0.29, 0.717) is 24.0 Å². The van der Waals surface area contributed by atoms with E-state index in [1.807, 2.05) is 6.92 Å². The number of hydrogen-bond donors (Lipinski definition) is 0. The molecule has 4 heteroatoms. The molecule has 0 radical (unpaired) electrons. The van der Waals surface area contributed by atoms with Gasteiger partial charge in [0.25, 0.3) is 0 Å². The van der Waals surface area contributed by atoms with Crippen molar-refractivity contribution in [2.75, 3.05) is 13.7 Å². The maximum Gasteiger partial charge on any atom is 0.213 e. The van der Waals surface area contributed by atoms with Crippen LogP contribution in [-0.4, -0.2) is 30.6 Å². The lowest BCUT2D eigenvalue weighted by atomic mass is 9.83. The highest BCUT2D eigenvalue weighted by molar-refractivity contribution is 6.00. The first-order valence-corrected chi connectivity index (χ1v) is 7.42. The molecule has 0 N–H and O–H groups in total. The Bertz CT molecular complexity index is 441. The van der Waals surface area contributed by atoms with E-state index in [1.165, 1.54) is 19.3 Å². The average molecular weight is 277 g/mol. The lowest BCUT2D eigenvalue weighted by Crippen LogP contribution is -2.34. The van der Waals surface area contributed by atoms with Crippen molar-refractivity contribution in [2.45, 2.75) is 45.1 Å². The Balaban J connectivity index is 2.21. The lowest BCUT2D eigenvalue weighted by Gasteiger charge is -2.29. The molecule has 1 aromatic rings. The van der Waals surface area contributed by atoms with Gasteiger partial charge in [0.05, 0.1) is 7.11 Å². The van der Waals surface area contributed by atoms with Crippen LogP contribution < -0.4 is 4.74 Å². The van der Waals surface area contributed by atoms with Crippen molar-refractivity contribution >= 4 is 5.78 Å². The second-order valence-electron chi connectivity index (χ2n) is 5.19. The quantitative estimate of drug-likeness (QED) is 0.749. The summed E-state index contributed by atoms with van der Waals surface area (Å²) in [6.45, 7) is 2.47. The second-order valence-corrected chi connectivity index (χ2v) is 5.19. The molecule has 1 aromatic heterocycles. The maximum absolute atomic E-state index is 12.7. The molecule has 1 fully saturated rings. The van der Waals surface area contributed by atoms with E-state index in [1.54, 1.807) is 25.4 Å². The standard InChI is InChI=1S/C16H23NO3/c1-3-20-16(12-8-5-4-6-9-12)15(18)14-13(19-2)10-7-11-17-14/h7,10-12,16H,3-6,8-9H2,1-2H3. The molecule has 1 unspecified atom stereocenters. The molecule has 2 rings (SSSR count). The van der Waals surface area contributed by atoms with Gasteiger partial charge in [-0.25, -0.2) is 4.98 Å². The topological polar surface area (TPSA) is 48.4 Å². The summed E-state index contributed by atoms with van der Waals surface area (Å²) in [6.07, 6.45) is 6.98. The molecule has 1 heterocycles. The van der Waals surface area contributed by atoms with Crippen LogP contribution in [0.5, 0.6) is 5.75 Å². The lowest BCUT2D eigenvalue weighted by molar-refractivity contribution is 0.0121. The summed E-state index contributed by atoms with van der Waals surface area (Å²) in [5, 5.41) is 0. The number of hydrogen-bond acceptors (Lipinski definition) is 4. The van der Waals surface area contributed by atoms with E-state index in [2.05, 4.69) is 4.98 Å². The molecule has 20 heavy (non-hydrogen) atoms. The fraction of sp³-hybridized carbons (Fsp3) is 0.625. The second kappa shape index (κ2) is 7.39. The van der Waals surface area contributed by atoms with Gasteiger partial charge in [0.15, 0.2) is 5.69 Å². The first-order chi connectivity index (χ1) is 9.77. The number of methoxy groups -OCH3 is 1. The van der Waals surface area contributed by atoms with E-state index < -0.39 is 0 Å². The van der Waals surface area contributed by atoms with Crippen molar-refractivity contribution in [3.63, 3.8) is 0 Å². The molecule has 110 valence electrons. The van der Waals surface area contributed by atoms with Gasteiger partial charge in [-0.2, -0.15) is 0 Å². The Hall–Kier alpha value is -1.42. The van der Waals surface area contributed by atoms with Crippen LogP contribution in [0.15, 0.2) is 18.3 Å². The molecular formula is C16H23NO3. The number of rotatable bonds is 6. The zero-order valence-corrected chi connectivity index (χ0v) is 12.3. The molecule has 1 aliphatic carbocycles. The fourth-order valence-electron chi connectivity index (χ4n) is 2.92. The van der Waals surface area contributed by atoms with Crippen molar-refractivity contribution in [1.29, 1.82) is 0 Å². The molecule has 0 saturated heterocycles. The fourth-order valence-corrected chi connectivity index (χ4v) is 2.92. The van der Waals surface area contributed by atoms with Gasteiger partial charge in [-0.15, -0.1) is 0 Å². The largest absolute Gasteiger partial charge is 0.494 e. The molecule has 0 aromatic carbocycles. The Labute approximate surface area is 120 Å². The third-order valence-electron chi connectivity index (χ3n) is 3.91. The number of carbonyl (C=O) groups is 1. The maximum atomic E-state index is 12.7. The minimum absolute atomic E-state index is 0.0452. The van der Waals surface area contributed by atoms with Crippen molar-refractivity contribution in [3.05, 3.63) is 24.0 Å². The predicted molar refractivity (Wildman–Crippen MR) is 77.1 cm³/mol. The van der Waals surface area contributed by atoms with Crippen LogP contribution in [0.4, 0.5) is 0 Å². The Kier molecular flexibility index (Phi) is 5.53. The van der Waals surface area contributed by atoms with Crippen LogP contribution in [0.3, 0.4) is 0 Å². The summed E-state index contributed by atoms with van der Waals surface area (Å²) in [5.41, 5.74) is 0.388. The van der Waals surface area contributed by atoms with Gasteiger partial charge in [-0.3, -0.25) is 4.79 Å².